The normalized spacial score (nSPS) is 20.6. The zero-order valence-electron chi connectivity index (χ0n) is 15.2. The zero-order valence-corrected chi connectivity index (χ0v) is 16.9. The fourth-order valence-corrected chi connectivity index (χ4v) is 4.97. The van der Waals surface area contributed by atoms with Crippen LogP contribution in [0.5, 0.6) is 0 Å². The summed E-state index contributed by atoms with van der Waals surface area (Å²) in [5.41, 5.74) is -0.883. The van der Waals surface area contributed by atoms with E-state index in [0.29, 0.717) is 31.6 Å². The first kappa shape index (κ1) is 20.8. The molecule has 0 radical (unpaired) electrons. The van der Waals surface area contributed by atoms with Crippen molar-refractivity contribution in [3.05, 3.63) is 30.3 Å². The monoisotopic (exact) mass is 398 g/mol. The number of rotatable bonds is 7. The third kappa shape index (κ3) is 5.74. The number of nitrogens with one attached hydrogen (secondary N) is 1. The Balaban J connectivity index is 1.96. The molecule has 1 fully saturated rings. The van der Waals surface area contributed by atoms with Crippen LogP contribution in [0.1, 0.15) is 33.1 Å². The van der Waals surface area contributed by atoms with Crippen molar-refractivity contribution in [3.8, 4) is 0 Å². The van der Waals surface area contributed by atoms with Crippen molar-refractivity contribution in [2.75, 3.05) is 24.6 Å². The van der Waals surface area contributed by atoms with Gasteiger partial charge in [0.05, 0.1) is 16.9 Å². The van der Waals surface area contributed by atoms with Gasteiger partial charge in [0.15, 0.2) is 0 Å². The van der Waals surface area contributed by atoms with E-state index in [1.54, 1.807) is 18.7 Å². The van der Waals surface area contributed by atoms with Crippen LogP contribution in [0.25, 0.3) is 0 Å². The van der Waals surface area contributed by atoms with E-state index in [1.807, 2.05) is 30.3 Å². The number of likely N-dealkylation sites (tertiary alicyclic amines) is 1. The SMILES string of the molecule is CCCS(=O)(=O)NC(=O)C1(C)CCCN(C(=O)CSc2ccccc2)C1. The minimum absolute atomic E-state index is 0.0333. The average molecular weight is 399 g/mol. The molecule has 0 bridgehead atoms. The molecule has 1 unspecified atom stereocenters. The number of hydrogen-bond acceptors (Lipinski definition) is 5. The first-order valence-electron chi connectivity index (χ1n) is 8.76. The van der Waals surface area contributed by atoms with Crippen molar-refractivity contribution >= 4 is 33.6 Å². The molecule has 1 aliphatic rings. The van der Waals surface area contributed by atoms with Crippen molar-refractivity contribution in [2.45, 2.75) is 38.0 Å². The Morgan fingerprint density at radius 3 is 2.62 bits per heavy atom. The number of nitrogens with zero attached hydrogens (tertiary/aromatic N) is 1. The summed E-state index contributed by atoms with van der Waals surface area (Å²) in [5, 5.41) is 0. The van der Waals surface area contributed by atoms with Crippen LogP contribution in [0.15, 0.2) is 35.2 Å². The maximum Gasteiger partial charge on any atom is 0.241 e. The minimum atomic E-state index is -3.61. The van der Waals surface area contributed by atoms with Crippen molar-refractivity contribution in [3.63, 3.8) is 0 Å². The highest BCUT2D eigenvalue weighted by Gasteiger charge is 2.40. The lowest BCUT2D eigenvalue weighted by atomic mass is 9.81. The number of carbonyl (C=O) groups is 2. The zero-order chi connectivity index (χ0) is 19.2. The molecule has 2 amide bonds. The summed E-state index contributed by atoms with van der Waals surface area (Å²) in [5.74, 6) is -0.325. The third-order valence-corrected chi connectivity index (χ3v) is 6.86. The van der Waals surface area contributed by atoms with Crippen LogP contribution in [-0.2, 0) is 19.6 Å². The summed E-state index contributed by atoms with van der Waals surface area (Å²) < 4.78 is 25.9. The summed E-state index contributed by atoms with van der Waals surface area (Å²) >= 11 is 1.46. The number of sulfonamides is 1. The molecule has 1 heterocycles. The molecule has 0 aromatic heterocycles. The van der Waals surface area contributed by atoms with E-state index >= 15 is 0 Å². The fourth-order valence-electron chi connectivity index (χ4n) is 2.97. The summed E-state index contributed by atoms with van der Waals surface area (Å²) in [4.78, 5) is 27.7. The summed E-state index contributed by atoms with van der Waals surface area (Å²) in [6.07, 6.45) is 1.69. The van der Waals surface area contributed by atoms with Gasteiger partial charge in [-0.15, -0.1) is 11.8 Å². The number of hydrogen-bond donors (Lipinski definition) is 1. The second-order valence-electron chi connectivity index (χ2n) is 6.83. The summed E-state index contributed by atoms with van der Waals surface area (Å²) in [6.45, 7) is 4.32. The highest BCUT2D eigenvalue weighted by atomic mass is 32.2. The van der Waals surface area contributed by atoms with E-state index in [4.69, 9.17) is 0 Å². The Hall–Kier alpha value is -1.54. The lowest BCUT2D eigenvalue weighted by Gasteiger charge is -2.39. The smallest absolute Gasteiger partial charge is 0.241 e. The van der Waals surface area contributed by atoms with Crippen molar-refractivity contribution in [1.82, 2.24) is 9.62 Å². The van der Waals surface area contributed by atoms with Crippen molar-refractivity contribution in [1.29, 1.82) is 0 Å². The number of piperidine rings is 1. The molecule has 1 aromatic rings. The van der Waals surface area contributed by atoms with Crippen molar-refractivity contribution < 1.29 is 18.0 Å². The van der Waals surface area contributed by atoms with Crippen LogP contribution < -0.4 is 4.72 Å². The Kier molecular flexibility index (Phi) is 7.11. The molecular formula is C18H26N2O4S2. The van der Waals surface area contributed by atoms with E-state index in [9.17, 15) is 18.0 Å². The third-order valence-electron chi connectivity index (χ3n) is 4.42. The van der Waals surface area contributed by atoms with Crippen LogP contribution in [0.2, 0.25) is 0 Å². The van der Waals surface area contributed by atoms with Gasteiger partial charge in [-0.3, -0.25) is 14.3 Å². The number of carbonyl (C=O) groups excluding carboxylic acids is 2. The first-order valence-corrected chi connectivity index (χ1v) is 11.4. The second kappa shape index (κ2) is 8.90. The van der Waals surface area contributed by atoms with Gasteiger partial charge < -0.3 is 4.90 Å². The van der Waals surface area contributed by atoms with Gasteiger partial charge in [-0.25, -0.2) is 8.42 Å². The van der Waals surface area contributed by atoms with E-state index in [2.05, 4.69) is 4.72 Å². The lowest BCUT2D eigenvalue weighted by molar-refractivity contribution is -0.137. The Bertz CT molecular complexity index is 737. The van der Waals surface area contributed by atoms with Gasteiger partial charge in [-0.1, -0.05) is 25.1 Å². The van der Waals surface area contributed by atoms with E-state index in [0.717, 1.165) is 4.90 Å². The second-order valence-corrected chi connectivity index (χ2v) is 9.72. The average Bonchev–Trinajstić information content (AvgIpc) is 2.60. The molecule has 1 aromatic carbocycles. The van der Waals surface area contributed by atoms with Gasteiger partial charge in [-0.2, -0.15) is 0 Å². The van der Waals surface area contributed by atoms with Crippen molar-refractivity contribution in [2.24, 2.45) is 5.41 Å². The van der Waals surface area contributed by atoms with Crippen LogP contribution in [0.4, 0.5) is 0 Å². The van der Waals surface area contributed by atoms with Gasteiger partial charge in [-0.05, 0) is 38.3 Å². The van der Waals surface area contributed by atoms with Gasteiger partial charge >= 0.3 is 0 Å². The quantitative estimate of drug-likeness (QED) is 0.713. The molecule has 0 spiro atoms. The largest absolute Gasteiger partial charge is 0.341 e. The molecule has 2 rings (SSSR count). The van der Waals surface area contributed by atoms with Gasteiger partial charge in [0.1, 0.15) is 0 Å². The summed E-state index contributed by atoms with van der Waals surface area (Å²) in [6, 6.07) is 9.67. The molecule has 8 heteroatoms. The molecule has 1 N–H and O–H groups in total. The Labute approximate surface area is 159 Å². The van der Waals surface area contributed by atoms with Crippen LogP contribution in [0.3, 0.4) is 0 Å². The fraction of sp³-hybridized carbons (Fsp3) is 0.556. The maximum atomic E-state index is 12.5. The van der Waals surface area contributed by atoms with E-state index in [-0.39, 0.29) is 18.2 Å². The molecular weight excluding hydrogens is 372 g/mol. The molecule has 0 aliphatic carbocycles. The molecule has 1 aliphatic heterocycles. The predicted octanol–water partition coefficient (Wildman–Crippen LogP) is 2.26. The molecule has 26 heavy (non-hydrogen) atoms. The first-order chi connectivity index (χ1) is 12.3. The molecule has 6 nitrogen and oxygen atoms in total. The van der Waals surface area contributed by atoms with E-state index in [1.165, 1.54) is 11.8 Å². The van der Waals surface area contributed by atoms with Gasteiger partial charge in [0, 0.05) is 18.0 Å². The Morgan fingerprint density at radius 1 is 1.27 bits per heavy atom. The number of benzene rings is 1. The number of amides is 2. The van der Waals surface area contributed by atoms with Gasteiger partial charge in [0.2, 0.25) is 21.8 Å². The van der Waals surface area contributed by atoms with E-state index < -0.39 is 21.3 Å². The van der Waals surface area contributed by atoms with Gasteiger partial charge in [0.25, 0.3) is 0 Å². The predicted molar refractivity (Wildman–Crippen MR) is 103 cm³/mol. The van der Waals surface area contributed by atoms with Crippen LogP contribution >= 0.6 is 11.8 Å². The van der Waals surface area contributed by atoms with Crippen LogP contribution in [0, 0.1) is 5.41 Å². The lowest BCUT2D eigenvalue weighted by Crippen LogP contribution is -2.53. The standard InChI is InChI=1S/C18H26N2O4S2/c1-3-12-26(23,24)19-17(22)18(2)10-7-11-20(14-18)16(21)13-25-15-8-5-4-6-9-15/h4-6,8-9H,3,7,10-14H2,1-2H3,(H,19,22). The highest BCUT2D eigenvalue weighted by molar-refractivity contribution is 8.00. The molecule has 0 saturated carbocycles. The topological polar surface area (TPSA) is 83.6 Å². The van der Waals surface area contributed by atoms with Crippen LogP contribution in [-0.4, -0.2) is 49.7 Å². The molecule has 1 saturated heterocycles. The molecule has 1 atom stereocenters. The number of thioether (sulfide) groups is 1. The Morgan fingerprint density at radius 2 is 1.96 bits per heavy atom. The summed E-state index contributed by atoms with van der Waals surface area (Å²) in [7, 11) is -3.61. The highest BCUT2D eigenvalue weighted by Crippen LogP contribution is 2.30. The maximum absolute atomic E-state index is 12.5. The molecule has 144 valence electrons. The minimum Gasteiger partial charge on any atom is -0.341 e.